The van der Waals surface area contributed by atoms with E-state index >= 15 is 0 Å². The summed E-state index contributed by atoms with van der Waals surface area (Å²) in [6.45, 7) is 2.57. The van der Waals surface area contributed by atoms with Crippen LogP contribution in [0.2, 0.25) is 0 Å². The molecule has 0 atom stereocenters. The van der Waals surface area contributed by atoms with Crippen molar-refractivity contribution in [3.8, 4) is 5.75 Å². The van der Waals surface area contributed by atoms with E-state index < -0.39 is 9.84 Å². The quantitative estimate of drug-likeness (QED) is 0.860. The van der Waals surface area contributed by atoms with Crippen molar-refractivity contribution in [1.82, 2.24) is 5.32 Å². The Morgan fingerprint density at radius 3 is 2.40 bits per heavy atom. The van der Waals surface area contributed by atoms with Crippen LogP contribution >= 0.6 is 12.4 Å². The molecule has 1 N–H and O–H groups in total. The maximum atomic E-state index is 11.5. The van der Waals surface area contributed by atoms with Gasteiger partial charge in [-0.15, -0.1) is 12.4 Å². The third-order valence-corrected chi connectivity index (χ3v) is 5.55. The van der Waals surface area contributed by atoms with Gasteiger partial charge in [-0.1, -0.05) is 24.3 Å². The van der Waals surface area contributed by atoms with Crippen molar-refractivity contribution < 1.29 is 13.2 Å². The number of rotatable bonds is 5. The van der Waals surface area contributed by atoms with Crippen LogP contribution in [0.1, 0.15) is 29.9 Å². The third kappa shape index (κ3) is 5.46. The summed E-state index contributed by atoms with van der Waals surface area (Å²) < 4.78 is 28.8. The molecule has 25 heavy (non-hydrogen) atoms. The van der Waals surface area contributed by atoms with E-state index in [9.17, 15) is 8.42 Å². The molecule has 1 aliphatic heterocycles. The lowest BCUT2D eigenvalue weighted by atomic mass is 9.90. The fraction of sp³-hybridized carbons (Fsp3) is 0.368. The van der Waals surface area contributed by atoms with Crippen LogP contribution in [0.5, 0.6) is 5.75 Å². The summed E-state index contributed by atoms with van der Waals surface area (Å²) in [6.07, 6.45) is 3.54. The van der Waals surface area contributed by atoms with E-state index in [1.807, 2.05) is 12.1 Å². The number of piperidine rings is 1. The Kier molecular flexibility index (Phi) is 6.87. The molecule has 1 fully saturated rings. The van der Waals surface area contributed by atoms with Crippen molar-refractivity contribution in [2.75, 3.05) is 19.3 Å². The number of sulfone groups is 1. The van der Waals surface area contributed by atoms with E-state index in [4.69, 9.17) is 4.74 Å². The van der Waals surface area contributed by atoms with E-state index in [2.05, 4.69) is 17.4 Å². The van der Waals surface area contributed by atoms with Gasteiger partial charge in [-0.25, -0.2) is 8.42 Å². The molecule has 0 saturated carbocycles. The number of halogens is 1. The minimum Gasteiger partial charge on any atom is -0.489 e. The van der Waals surface area contributed by atoms with E-state index in [0.717, 1.165) is 37.2 Å². The number of hydrogen-bond donors (Lipinski definition) is 1. The van der Waals surface area contributed by atoms with Crippen molar-refractivity contribution in [3.63, 3.8) is 0 Å². The lowest BCUT2D eigenvalue weighted by Crippen LogP contribution is -2.26. The first-order valence-electron chi connectivity index (χ1n) is 8.25. The van der Waals surface area contributed by atoms with Gasteiger partial charge in [0.15, 0.2) is 9.84 Å². The summed E-state index contributed by atoms with van der Waals surface area (Å²) in [6, 6.07) is 15.2. The number of nitrogens with one attached hydrogen (secondary N) is 1. The predicted octanol–water partition coefficient (Wildman–Crippen LogP) is 3.56. The molecule has 6 heteroatoms. The summed E-state index contributed by atoms with van der Waals surface area (Å²) >= 11 is 0. The zero-order valence-corrected chi connectivity index (χ0v) is 15.9. The van der Waals surface area contributed by atoms with Gasteiger partial charge >= 0.3 is 0 Å². The Balaban J connectivity index is 0.00000225. The minimum absolute atomic E-state index is 0. The second kappa shape index (κ2) is 8.70. The zero-order valence-electron chi connectivity index (χ0n) is 14.3. The topological polar surface area (TPSA) is 55.4 Å². The van der Waals surface area contributed by atoms with Crippen LogP contribution in [0.4, 0.5) is 0 Å². The molecule has 0 bridgehead atoms. The number of hydrogen-bond acceptors (Lipinski definition) is 4. The molecule has 0 unspecified atom stereocenters. The second-order valence-corrected chi connectivity index (χ2v) is 8.32. The molecule has 136 valence electrons. The van der Waals surface area contributed by atoms with Crippen molar-refractivity contribution >= 4 is 22.2 Å². The van der Waals surface area contributed by atoms with Gasteiger partial charge in [-0.05, 0) is 67.2 Å². The molecular formula is C19H24ClNO3S. The molecule has 0 aromatic heterocycles. The van der Waals surface area contributed by atoms with Crippen LogP contribution in [0, 0.1) is 0 Å². The van der Waals surface area contributed by atoms with Gasteiger partial charge in [-0.2, -0.15) is 0 Å². The first kappa shape index (κ1) is 19.8. The van der Waals surface area contributed by atoms with E-state index in [-0.39, 0.29) is 12.4 Å². The maximum Gasteiger partial charge on any atom is 0.175 e. The van der Waals surface area contributed by atoms with Crippen molar-refractivity contribution in [1.29, 1.82) is 0 Å². The van der Waals surface area contributed by atoms with Crippen LogP contribution < -0.4 is 10.1 Å². The molecule has 0 amide bonds. The Morgan fingerprint density at radius 2 is 1.76 bits per heavy atom. The van der Waals surface area contributed by atoms with Gasteiger partial charge < -0.3 is 10.1 Å². The molecule has 2 aromatic rings. The highest BCUT2D eigenvalue weighted by Crippen LogP contribution is 2.28. The zero-order chi connectivity index (χ0) is 17.0. The largest absolute Gasteiger partial charge is 0.489 e. The van der Waals surface area contributed by atoms with Crippen LogP contribution in [0.25, 0.3) is 0 Å². The third-order valence-electron chi connectivity index (χ3n) is 4.43. The Labute approximate surface area is 155 Å². The summed E-state index contributed by atoms with van der Waals surface area (Å²) in [5, 5.41) is 3.39. The molecule has 1 aliphatic rings. The van der Waals surface area contributed by atoms with Gasteiger partial charge in [0.1, 0.15) is 12.4 Å². The lowest BCUT2D eigenvalue weighted by Gasteiger charge is -2.23. The minimum atomic E-state index is -3.15. The summed E-state index contributed by atoms with van der Waals surface area (Å²) in [5.41, 5.74) is 2.29. The molecule has 1 saturated heterocycles. The molecule has 4 nitrogen and oxygen atoms in total. The fourth-order valence-corrected chi connectivity index (χ4v) is 3.64. The molecule has 3 rings (SSSR count). The Hall–Kier alpha value is -1.56. The number of ether oxygens (including phenoxy) is 1. The highest BCUT2D eigenvalue weighted by atomic mass is 35.5. The fourth-order valence-electron chi connectivity index (χ4n) is 3.01. The van der Waals surface area contributed by atoms with Crippen LogP contribution in [0.15, 0.2) is 53.4 Å². The average Bonchev–Trinajstić information content (AvgIpc) is 2.61. The van der Waals surface area contributed by atoms with Gasteiger partial charge in [0.25, 0.3) is 0 Å². The molecule has 0 aliphatic carbocycles. The van der Waals surface area contributed by atoms with Crippen molar-refractivity contribution in [3.05, 3.63) is 59.7 Å². The lowest BCUT2D eigenvalue weighted by molar-refractivity contribution is 0.305. The highest BCUT2D eigenvalue weighted by Gasteiger charge is 2.15. The first-order chi connectivity index (χ1) is 11.5. The monoisotopic (exact) mass is 381 g/mol. The molecule has 2 aromatic carbocycles. The summed E-state index contributed by atoms with van der Waals surface area (Å²) in [4.78, 5) is 0.333. The first-order valence-corrected chi connectivity index (χ1v) is 10.1. The molecule has 0 radical (unpaired) electrons. The summed E-state index contributed by atoms with van der Waals surface area (Å²) in [5.74, 6) is 1.46. The van der Waals surface area contributed by atoms with Gasteiger partial charge in [0.2, 0.25) is 0 Å². The van der Waals surface area contributed by atoms with Crippen molar-refractivity contribution in [2.24, 2.45) is 0 Å². The van der Waals surface area contributed by atoms with Gasteiger partial charge in [0, 0.05) is 6.26 Å². The highest BCUT2D eigenvalue weighted by molar-refractivity contribution is 7.90. The van der Waals surface area contributed by atoms with Crippen LogP contribution in [-0.2, 0) is 16.4 Å². The van der Waals surface area contributed by atoms with E-state index in [0.29, 0.717) is 17.4 Å². The SMILES string of the molecule is CS(=O)(=O)c1ccc(COc2cccc(C3CCNCC3)c2)cc1.Cl. The average molecular weight is 382 g/mol. The normalized spacial score (nSPS) is 15.4. The maximum absolute atomic E-state index is 11.5. The predicted molar refractivity (Wildman–Crippen MR) is 102 cm³/mol. The smallest absolute Gasteiger partial charge is 0.175 e. The van der Waals surface area contributed by atoms with E-state index in [1.165, 1.54) is 11.8 Å². The molecule has 0 spiro atoms. The van der Waals surface area contributed by atoms with E-state index in [1.54, 1.807) is 24.3 Å². The van der Waals surface area contributed by atoms with Gasteiger partial charge in [0.05, 0.1) is 4.90 Å². The van der Waals surface area contributed by atoms with Gasteiger partial charge in [-0.3, -0.25) is 0 Å². The molecule has 1 heterocycles. The second-order valence-electron chi connectivity index (χ2n) is 6.30. The molecular weight excluding hydrogens is 358 g/mol. The van der Waals surface area contributed by atoms with Crippen molar-refractivity contribution in [2.45, 2.75) is 30.3 Å². The summed E-state index contributed by atoms with van der Waals surface area (Å²) in [7, 11) is -3.15. The van der Waals surface area contributed by atoms with Crippen LogP contribution in [0.3, 0.4) is 0 Å². The number of benzene rings is 2. The Morgan fingerprint density at radius 1 is 1.08 bits per heavy atom. The van der Waals surface area contributed by atoms with Crippen LogP contribution in [-0.4, -0.2) is 27.8 Å². The standard InChI is InChI=1S/C19H23NO3S.ClH/c1-24(21,22)19-7-5-15(6-8-19)14-23-18-4-2-3-17(13-18)16-9-11-20-12-10-16;/h2-8,13,16,20H,9-12,14H2,1H3;1H. The Bertz CT molecular complexity index is 785.